The molecular formula is C10H19NO3S. The van der Waals surface area contributed by atoms with Crippen LogP contribution in [0.3, 0.4) is 0 Å². The van der Waals surface area contributed by atoms with Crippen LogP contribution in [0.25, 0.3) is 0 Å². The Bertz CT molecular complexity index is 315. The molecule has 0 radical (unpaired) electrons. The molecule has 0 spiro atoms. The first kappa shape index (κ1) is 11.4. The smallest absolute Gasteiger partial charge is 0.151 e. The molecule has 2 fully saturated rings. The highest BCUT2D eigenvalue weighted by molar-refractivity contribution is 7.91. The molecule has 1 aliphatic carbocycles. The predicted octanol–water partition coefficient (Wildman–Crippen LogP) is 0.0666. The molecule has 1 aliphatic heterocycles. The van der Waals surface area contributed by atoms with Crippen molar-refractivity contribution in [3.05, 3.63) is 0 Å². The van der Waals surface area contributed by atoms with Crippen molar-refractivity contribution in [2.45, 2.75) is 50.3 Å². The highest BCUT2D eigenvalue weighted by Gasteiger charge is 2.32. The molecule has 1 saturated heterocycles. The normalized spacial score (nSPS) is 40.5. The quantitative estimate of drug-likeness (QED) is 0.708. The topological polar surface area (TPSA) is 66.4 Å². The fraction of sp³-hybridized carbons (Fsp3) is 1.00. The number of hydrogen-bond donors (Lipinski definition) is 2. The Labute approximate surface area is 91.0 Å². The molecule has 4 nitrogen and oxygen atoms in total. The number of aliphatic hydroxyl groups excluding tert-OH is 1. The summed E-state index contributed by atoms with van der Waals surface area (Å²) in [6, 6.07) is 0.171. The minimum Gasteiger partial charge on any atom is -0.392 e. The lowest BCUT2D eigenvalue weighted by Gasteiger charge is -2.30. The van der Waals surface area contributed by atoms with Crippen molar-refractivity contribution in [3.8, 4) is 0 Å². The highest BCUT2D eigenvalue weighted by Crippen LogP contribution is 2.21. The fourth-order valence-corrected chi connectivity index (χ4v) is 4.22. The second-order valence-corrected chi connectivity index (χ2v) is 6.95. The summed E-state index contributed by atoms with van der Waals surface area (Å²) in [6.45, 7) is 0. The molecule has 0 aromatic heterocycles. The van der Waals surface area contributed by atoms with E-state index in [2.05, 4.69) is 5.32 Å². The standard InChI is InChI=1S/C10H19NO3S/c12-10-4-2-1-3-9(10)11-8-5-6-15(13,14)7-8/h8-12H,1-7H2. The molecule has 2 N–H and O–H groups in total. The number of hydrogen-bond acceptors (Lipinski definition) is 4. The third kappa shape index (κ3) is 2.92. The van der Waals surface area contributed by atoms with Gasteiger partial charge in [0.25, 0.3) is 0 Å². The maximum Gasteiger partial charge on any atom is 0.151 e. The Balaban J connectivity index is 1.86. The summed E-state index contributed by atoms with van der Waals surface area (Å²) in [5.74, 6) is 0.545. The van der Waals surface area contributed by atoms with Gasteiger partial charge >= 0.3 is 0 Å². The molecule has 0 aromatic carbocycles. The summed E-state index contributed by atoms with van der Waals surface area (Å²) in [6.07, 6.45) is 4.44. The van der Waals surface area contributed by atoms with Crippen LogP contribution in [0.1, 0.15) is 32.1 Å². The van der Waals surface area contributed by atoms with Gasteiger partial charge in [-0.25, -0.2) is 8.42 Å². The van der Waals surface area contributed by atoms with Crippen LogP contribution >= 0.6 is 0 Å². The van der Waals surface area contributed by atoms with Gasteiger partial charge in [0.1, 0.15) is 0 Å². The Morgan fingerprint density at radius 3 is 2.47 bits per heavy atom. The van der Waals surface area contributed by atoms with E-state index >= 15 is 0 Å². The van der Waals surface area contributed by atoms with Gasteiger partial charge < -0.3 is 10.4 Å². The Hall–Kier alpha value is -0.130. The van der Waals surface area contributed by atoms with E-state index in [1.165, 1.54) is 0 Å². The molecule has 88 valence electrons. The van der Waals surface area contributed by atoms with Gasteiger partial charge in [-0.2, -0.15) is 0 Å². The van der Waals surface area contributed by atoms with Gasteiger partial charge in [-0.3, -0.25) is 0 Å². The van der Waals surface area contributed by atoms with Gasteiger partial charge in [0.2, 0.25) is 0 Å². The first-order chi connectivity index (χ1) is 7.07. The summed E-state index contributed by atoms with van der Waals surface area (Å²) in [4.78, 5) is 0. The molecule has 1 saturated carbocycles. The van der Waals surface area contributed by atoms with Crippen molar-refractivity contribution in [1.29, 1.82) is 0 Å². The molecule has 3 unspecified atom stereocenters. The first-order valence-electron chi connectivity index (χ1n) is 5.71. The zero-order valence-electron chi connectivity index (χ0n) is 8.85. The van der Waals surface area contributed by atoms with Crippen LogP contribution in [0.15, 0.2) is 0 Å². The van der Waals surface area contributed by atoms with Crippen molar-refractivity contribution in [2.75, 3.05) is 11.5 Å². The van der Waals surface area contributed by atoms with Crippen LogP contribution in [0.4, 0.5) is 0 Å². The Kier molecular flexibility index (Phi) is 3.33. The van der Waals surface area contributed by atoms with E-state index in [0.29, 0.717) is 12.2 Å². The molecule has 0 aromatic rings. The number of nitrogens with one attached hydrogen (secondary N) is 1. The Morgan fingerprint density at radius 1 is 1.13 bits per heavy atom. The van der Waals surface area contributed by atoms with Crippen LogP contribution in [-0.4, -0.2) is 43.2 Å². The van der Waals surface area contributed by atoms with Crippen LogP contribution < -0.4 is 5.32 Å². The maximum atomic E-state index is 11.3. The number of sulfone groups is 1. The van der Waals surface area contributed by atoms with Crippen LogP contribution in [-0.2, 0) is 9.84 Å². The SMILES string of the molecule is O=S1(=O)CCC(NC2CCCCC2O)C1. The van der Waals surface area contributed by atoms with Crippen LogP contribution in [0.5, 0.6) is 0 Å². The molecule has 3 atom stereocenters. The zero-order chi connectivity index (χ0) is 10.9. The lowest BCUT2D eigenvalue weighted by molar-refractivity contribution is 0.0864. The number of rotatable bonds is 2. The van der Waals surface area contributed by atoms with Crippen molar-refractivity contribution >= 4 is 9.84 Å². The van der Waals surface area contributed by atoms with Crippen molar-refractivity contribution < 1.29 is 13.5 Å². The number of aliphatic hydroxyl groups is 1. The van der Waals surface area contributed by atoms with Gasteiger partial charge in [0.15, 0.2) is 9.84 Å². The van der Waals surface area contributed by atoms with E-state index in [9.17, 15) is 13.5 Å². The van der Waals surface area contributed by atoms with E-state index < -0.39 is 9.84 Å². The molecule has 2 rings (SSSR count). The second-order valence-electron chi connectivity index (χ2n) is 4.72. The third-order valence-electron chi connectivity index (χ3n) is 3.41. The molecular weight excluding hydrogens is 214 g/mol. The lowest BCUT2D eigenvalue weighted by Crippen LogP contribution is -2.47. The predicted molar refractivity (Wildman–Crippen MR) is 58.5 cm³/mol. The minimum absolute atomic E-state index is 0.0627. The van der Waals surface area contributed by atoms with E-state index in [0.717, 1.165) is 25.7 Å². The van der Waals surface area contributed by atoms with Crippen LogP contribution in [0, 0.1) is 0 Å². The molecule has 15 heavy (non-hydrogen) atoms. The molecule has 1 heterocycles. The van der Waals surface area contributed by atoms with Gasteiger partial charge in [-0.1, -0.05) is 12.8 Å². The fourth-order valence-electron chi connectivity index (χ4n) is 2.53. The molecule has 2 aliphatic rings. The van der Waals surface area contributed by atoms with Crippen molar-refractivity contribution in [3.63, 3.8) is 0 Å². The summed E-state index contributed by atoms with van der Waals surface area (Å²) in [5, 5.41) is 13.0. The molecule has 0 amide bonds. The Morgan fingerprint density at radius 2 is 1.87 bits per heavy atom. The summed E-state index contributed by atoms with van der Waals surface area (Å²) < 4.78 is 22.5. The first-order valence-corrected chi connectivity index (χ1v) is 7.53. The molecule has 5 heteroatoms. The summed E-state index contributed by atoms with van der Waals surface area (Å²) in [5.41, 5.74) is 0. The average Bonchev–Trinajstić information content (AvgIpc) is 2.50. The summed E-state index contributed by atoms with van der Waals surface area (Å²) >= 11 is 0. The maximum absolute atomic E-state index is 11.3. The van der Waals surface area contributed by atoms with Gasteiger partial charge in [0, 0.05) is 12.1 Å². The van der Waals surface area contributed by atoms with Gasteiger partial charge in [-0.15, -0.1) is 0 Å². The van der Waals surface area contributed by atoms with E-state index in [1.54, 1.807) is 0 Å². The largest absolute Gasteiger partial charge is 0.392 e. The minimum atomic E-state index is -2.81. The third-order valence-corrected chi connectivity index (χ3v) is 5.18. The van der Waals surface area contributed by atoms with E-state index in [-0.39, 0.29) is 23.9 Å². The highest BCUT2D eigenvalue weighted by atomic mass is 32.2. The zero-order valence-corrected chi connectivity index (χ0v) is 9.67. The van der Waals surface area contributed by atoms with E-state index in [1.807, 2.05) is 0 Å². The average molecular weight is 233 g/mol. The monoisotopic (exact) mass is 233 g/mol. The molecule has 0 bridgehead atoms. The van der Waals surface area contributed by atoms with Gasteiger partial charge in [-0.05, 0) is 19.3 Å². The van der Waals surface area contributed by atoms with E-state index in [4.69, 9.17) is 0 Å². The summed E-state index contributed by atoms with van der Waals surface area (Å²) in [7, 11) is -2.81. The van der Waals surface area contributed by atoms with Crippen molar-refractivity contribution in [2.24, 2.45) is 0 Å². The second kappa shape index (κ2) is 4.39. The lowest BCUT2D eigenvalue weighted by atomic mass is 9.92. The van der Waals surface area contributed by atoms with Crippen LogP contribution in [0.2, 0.25) is 0 Å². The van der Waals surface area contributed by atoms with Gasteiger partial charge in [0.05, 0.1) is 17.6 Å². The van der Waals surface area contributed by atoms with Crippen molar-refractivity contribution in [1.82, 2.24) is 5.32 Å².